The zero-order valence-corrected chi connectivity index (χ0v) is 10.2. The monoisotopic (exact) mass is 219 g/mol. The fraction of sp³-hybridized carbons (Fsp3) is 1.00. The van der Waals surface area contributed by atoms with Crippen LogP contribution in [0.2, 0.25) is 0 Å². The second kappa shape index (κ2) is 5.95. The molecule has 1 fully saturated rings. The molecule has 0 aromatic rings. The van der Waals surface area contributed by atoms with E-state index < -0.39 is 5.79 Å². The first kappa shape index (κ1) is 12.3. The van der Waals surface area contributed by atoms with E-state index in [4.69, 9.17) is 9.47 Å². The van der Waals surface area contributed by atoms with Crippen LogP contribution < -0.4 is 5.32 Å². The summed E-state index contributed by atoms with van der Waals surface area (Å²) in [6.07, 6.45) is 3.34. The van der Waals surface area contributed by atoms with E-state index in [1.54, 1.807) is 0 Å². The first-order valence-corrected chi connectivity index (χ1v) is 6.54. The van der Waals surface area contributed by atoms with Crippen LogP contribution in [0.3, 0.4) is 0 Å². The number of hydrogen-bond acceptors (Lipinski definition) is 4. The third kappa shape index (κ3) is 4.64. The molecule has 0 amide bonds. The van der Waals surface area contributed by atoms with E-state index >= 15 is 0 Å². The van der Waals surface area contributed by atoms with Crippen molar-refractivity contribution in [2.45, 2.75) is 32.1 Å². The van der Waals surface area contributed by atoms with Crippen molar-refractivity contribution >= 4 is 11.8 Å². The fourth-order valence-electron chi connectivity index (χ4n) is 1.33. The van der Waals surface area contributed by atoms with Crippen LogP contribution in [0, 0.1) is 0 Å². The van der Waals surface area contributed by atoms with Gasteiger partial charge in [0.1, 0.15) is 0 Å². The van der Waals surface area contributed by atoms with Gasteiger partial charge >= 0.3 is 0 Å². The van der Waals surface area contributed by atoms with Crippen LogP contribution in [-0.2, 0) is 9.47 Å². The molecule has 4 heteroatoms. The topological polar surface area (TPSA) is 30.5 Å². The average Bonchev–Trinajstić information content (AvgIpc) is 2.15. The molecule has 0 unspecified atom stereocenters. The first-order valence-electron chi connectivity index (χ1n) is 5.14. The van der Waals surface area contributed by atoms with Gasteiger partial charge in [-0.3, -0.25) is 0 Å². The zero-order chi connectivity index (χ0) is 10.4. The molecule has 0 spiro atoms. The van der Waals surface area contributed by atoms with E-state index in [2.05, 4.69) is 11.6 Å². The molecule has 84 valence electrons. The van der Waals surface area contributed by atoms with Crippen molar-refractivity contribution in [1.29, 1.82) is 0 Å². The minimum Gasteiger partial charge on any atom is -0.349 e. The molecule has 1 rings (SSSR count). The lowest BCUT2D eigenvalue weighted by atomic mass is 10.2. The van der Waals surface area contributed by atoms with Crippen LogP contribution in [0.15, 0.2) is 0 Å². The third-order valence-corrected chi connectivity index (χ3v) is 2.92. The Morgan fingerprint density at radius 2 is 2.00 bits per heavy atom. The molecule has 1 aliphatic rings. The third-order valence-electron chi connectivity index (χ3n) is 2.22. The molecule has 0 saturated carbocycles. The van der Waals surface area contributed by atoms with E-state index in [9.17, 15) is 0 Å². The van der Waals surface area contributed by atoms with E-state index in [-0.39, 0.29) is 0 Å². The van der Waals surface area contributed by atoms with Gasteiger partial charge in [-0.1, -0.05) is 0 Å². The Hall–Kier alpha value is 0.230. The van der Waals surface area contributed by atoms with Crippen molar-refractivity contribution in [1.82, 2.24) is 5.32 Å². The Morgan fingerprint density at radius 1 is 1.36 bits per heavy atom. The van der Waals surface area contributed by atoms with Gasteiger partial charge in [-0.15, -0.1) is 0 Å². The van der Waals surface area contributed by atoms with Crippen LogP contribution in [-0.4, -0.2) is 43.6 Å². The van der Waals surface area contributed by atoms with Crippen LogP contribution >= 0.6 is 11.8 Å². The second-order valence-electron chi connectivity index (χ2n) is 4.02. The van der Waals surface area contributed by atoms with Gasteiger partial charge in [-0.25, -0.2) is 0 Å². The molecule has 14 heavy (non-hydrogen) atoms. The summed E-state index contributed by atoms with van der Waals surface area (Å²) in [5.74, 6) is 0.824. The predicted molar refractivity (Wildman–Crippen MR) is 60.8 cm³/mol. The van der Waals surface area contributed by atoms with E-state index in [1.807, 2.05) is 25.6 Å². The van der Waals surface area contributed by atoms with Crippen molar-refractivity contribution in [2.75, 3.05) is 31.8 Å². The first-order chi connectivity index (χ1) is 6.64. The highest BCUT2D eigenvalue weighted by atomic mass is 32.2. The van der Waals surface area contributed by atoms with Gasteiger partial charge in [-0.2, -0.15) is 11.8 Å². The predicted octanol–water partition coefficient (Wildman–Crippen LogP) is 1.48. The lowest BCUT2D eigenvalue weighted by Crippen LogP contribution is -2.48. The van der Waals surface area contributed by atoms with Crippen molar-refractivity contribution < 1.29 is 9.47 Å². The quantitative estimate of drug-likeness (QED) is 0.710. The summed E-state index contributed by atoms with van der Waals surface area (Å²) in [5, 5.41) is 3.43. The lowest BCUT2D eigenvalue weighted by Gasteiger charge is -2.35. The highest BCUT2D eigenvalue weighted by molar-refractivity contribution is 7.98. The van der Waals surface area contributed by atoms with Gasteiger partial charge in [0.2, 0.25) is 0 Å². The molecule has 0 aromatic heterocycles. The number of nitrogens with one attached hydrogen (secondary N) is 1. The number of hydrogen-bond donors (Lipinski definition) is 1. The molecule has 0 aromatic carbocycles. The minimum absolute atomic E-state index is 0.366. The summed E-state index contributed by atoms with van der Waals surface area (Å²) >= 11 is 1.89. The summed E-state index contributed by atoms with van der Waals surface area (Å²) in [6.45, 7) is 6.48. The molecule has 3 nitrogen and oxygen atoms in total. The van der Waals surface area contributed by atoms with Crippen molar-refractivity contribution in [3.63, 3.8) is 0 Å². The molecule has 1 aliphatic heterocycles. The largest absolute Gasteiger partial charge is 0.349 e. The fourth-order valence-corrected chi connectivity index (χ4v) is 1.77. The maximum absolute atomic E-state index is 5.55. The summed E-state index contributed by atoms with van der Waals surface area (Å²) in [5.41, 5.74) is 0. The van der Waals surface area contributed by atoms with Crippen molar-refractivity contribution in [2.24, 2.45) is 0 Å². The standard InChI is InChI=1S/C10H21NO2S/c1-10(2)12-7-9(8-13-10)11-5-4-6-14-3/h9,11H,4-8H2,1-3H3. The molecule has 0 atom stereocenters. The molecular weight excluding hydrogens is 198 g/mol. The summed E-state index contributed by atoms with van der Waals surface area (Å²) < 4.78 is 11.1. The van der Waals surface area contributed by atoms with Crippen LogP contribution in [0.5, 0.6) is 0 Å². The van der Waals surface area contributed by atoms with Gasteiger partial charge in [-0.05, 0) is 38.8 Å². The zero-order valence-electron chi connectivity index (χ0n) is 9.34. The van der Waals surface area contributed by atoms with Gasteiger partial charge in [0, 0.05) is 0 Å². The highest BCUT2D eigenvalue weighted by Gasteiger charge is 2.27. The van der Waals surface area contributed by atoms with Crippen LogP contribution in [0.1, 0.15) is 20.3 Å². The molecule has 1 N–H and O–H groups in total. The van der Waals surface area contributed by atoms with E-state index in [0.717, 1.165) is 19.8 Å². The Kier molecular flexibility index (Phi) is 5.23. The normalized spacial score (nSPS) is 22.5. The Balaban J connectivity index is 2.04. The van der Waals surface area contributed by atoms with E-state index in [0.29, 0.717) is 6.04 Å². The number of thioether (sulfide) groups is 1. The van der Waals surface area contributed by atoms with Crippen molar-refractivity contribution in [3.8, 4) is 0 Å². The maximum atomic E-state index is 5.55. The van der Waals surface area contributed by atoms with Crippen LogP contribution in [0.25, 0.3) is 0 Å². The van der Waals surface area contributed by atoms with Crippen molar-refractivity contribution in [3.05, 3.63) is 0 Å². The number of ether oxygens (including phenoxy) is 2. The van der Waals surface area contributed by atoms with Gasteiger partial charge in [0.25, 0.3) is 0 Å². The molecule has 1 heterocycles. The maximum Gasteiger partial charge on any atom is 0.162 e. The smallest absolute Gasteiger partial charge is 0.162 e. The van der Waals surface area contributed by atoms with Crippen LogP contribution in [0.4, 0.5) is 0 Å². The molecule has 0 aliphatic carbocycles. The lowest BCUT2D eigenvalue weighted by molar-refractivity contribution is -0.252. The van der Waals surface area contributed by atoms with Gasteiger partial charge in [0.15, 0.2) is 5.79 Å². The molecule has 0 radical (unpaired) electrons. The second-order valence-corrected chi connectivity index (χ2v) is 5.00. The highest BCUT2D eigenvalue weighted by Crippen LogP contribution is 2.16. The van der Waals surface area contributed by atoms with E-state index in [1.165, 1.54) is 12.2 Å². The minimum atomic E-state index is -0.391. The van der Waals surface area contributed by atoms with Gasteiger partial charge < -0.3 is 14.8 Å². The number of rotatable bonds is 5. The molecule has 0 bridgehead atoms. The SMILES string of the molecule is CSCCCNC1COC(C)(C)OC1. The summed E-state index contributed by atoms with van der Waals surface area (Å²) in [4.78, 5) is 0. The molecule has 1 saturated heterocycles. The average molecular weight is 219 g/mol. The Labute approximate surface area is 90.9 Å². The summed E-state index contributed by atoms with van der Waals surface area (Å²) in [7, 11) is 0. The Bertz CT molecular complexity index is 154. The van der Waals surface area contributed by atoms with Gasteiger partial charge in [0.05, 0.1) is 19.3 Å². The Morgan fingerprint density at radius 3 is 2.57 bits per heavy atom. The molecular formula is C10H21NO2S. The summed E-state index contributed by atoms with van der Waals surface area (Å²) in [6, 6.07) is 0.366.